The zero-order chi connectivity index (χ0) is 15.4. The quantitative estimate of drug-likeness (QED) is 0.229. The number of thiol groups is 2. The monoisotopic (exact) mass is 358 g/mol. The lowest BCUT2D eigenvalue weighted by molar-refractivity contribution is -0.138. The van der Waals surface area contributed by atoms with E-state index in [2.05, 4.69) is 25.3 Å². The molecule has 0 heterocycles. The number of carbonyl (C=O) groups is 2. The molecular formula is C12H22O4S4. The molecule has 2 N–H and O–H groups in total. The summed E-state index contributed by atoms with van der Waals surface area (Å²) in [5, 5.41) is 17.4. The molecule has 0 spiro atoms. The van der Waals surface area contributed by atoms with Gasteiger partial charge in [0.15, 0.2) is 0 Å². The molecule has 118 valence electrons. The Balaban J connectivity index is 4.32. The van der Waals surface area contributed by atoms with Crippen LogP contribution in [0.15, 0.2) is 0 Å². The van der Waals surface area contributed by atoms with E-state index in [1.807, 2.05) is 0 Å². The minimum atomic E-state index is -0.788. The molecule has 0 atom stereocenters. The van der Waals surface area contributed by atoms with Gasteiger partial charge in [-0.25, -0.2) is 0 Å². The Bertz CT molecular complexity index is 293. The van der Waals surface area contributed by atoms with Gasteiger partial charge in [-0.3, -0.25) is 9.59 Å². The lowest BCUT2D eigenvalue weighted by Crippen LogP contribution is -2.26. The number of hydrogen-bond donors (Lipinski definition) is 4. The van der Waals surface area contributed by atoms with Crippen LogP contribution in [0.1, 0.15) is 38.5 Å². The van der Waals surface area contributed by atoms with Gasteiger partial charge in [0.1, 0.15) is 0 Å². The highest BCUT2D eigenvalue weighted by Crippen LogP contribution is 2.45. The summed E-state index contributed by atoms with van der Waals surface area (Å²) in [7, 11) is 3.30. The fourth-order valence-electron chi connectivity index (χ4n) is 1.69. The molecule has 0 aliphatic carbocycles. The van der Waals surface area contributed by atoms with Gasteiger partial charge in [0.05, 0.1) is 0 Å². The molecule has 0 unspecified atom stereocenters. The maximum absolute atomic E-state index is 10.8. The smallest absolute Gasteiger partial charge is 0.303 e. The van der Waals surface area contributed by atoms with E-state index in [1.165, 1.54) is 0 Å². The summed E-state index contributed by atoms with van der Waals surface area (Å²) in [5.74, 6) is 0.597. The van der Waals surface area contributed by atoms with Gasteiger partial charge in [0.2, 0.25) is 0 Å². The Morgan fingerprint density at radius 1 is 0.950 bits per heavy atom. The van der Waals surface area contributed by atoms with Crippen LogP contribution < -0.4 is 0 Å². The van der Waals surface area contributed by atoms with Gasteiger partial charge in [-0.1, -0.05) is 21.6 Å². The Kier molecular flexibility index (Phi) is 12.1. The molecule has 0 amide bonds. The van der Waals surface area contributed by atoms with Crippen LogP contribution in [-0.2, 0) is 9.59 Å². The van der Waals surface area contributed by atoms with Gasteiger partial charge in [-0.15, -0.1) is 0 Å². The predicted molar refractivity (Wildman–Crippen MR) is 93.5 cm³/mol. The number of carboxylic acids is 2. The van der Waals surface area contributed by atoms with E-state index in [4.69, 9.17) is 10.2 Å². The van der Waals surface area contributed by atoms with Crippen molar-refractivity contribution in [3.05, 3.63) is 0 Å². The molecule has 8 heteroatoms. The Morgan fingerprint density at radius 3 is 1.95 bits per heavy atom. The van der Waals surface area contributed by atoms with Crippen LogP contribution in [0, 0.1) is 0 Å². The van der Waals surface area contributed by atoms with E-state index in [-0.39, 0.29) is 17.6 Å². The Hall–Kier alpha value is 0.340. The molecule has 0 aromatic rings. The van der Waals surface area contributed by atoms with Crippen molar-refractivity contribution in [3.63, 3.8) is 0 Å². The standard InChI is InChI=1S/C12H22O4S4/c13-10(14)2-1-9-19-20-12(5-7-17,6-8-18)4-3-11(15)16/h17-18H,1-9H2,(H,13,14)(H,15,16). The SMILES string of the molecule is O=C(O)CCCSSC(CCS)(CCS)CCC(=O)O. The largest absolute Gasteiger partial charge is 0.481 e. The third-order valence-electron chi connectivity index (χ3n) is 2.78. The molecule has 0 aliphatic rings. The first-order chi connectivity index (χ1) is 9.45. The minimum Gasteiger partial charge on any atom is -0.481 e. The van der Waals surface area contributed by atoms with E-state index >= 15 is 0 Å². The first-order valence-electron chi connectivity index (χ1n) is 6.42. The summed E-state index contributed by atoms with van der Waals surface area (Å²) < 4.78 is -0.129. The van der Waals surface area contributed by atoms with E-state index in [9.17, 15) is 9.59 Å². The Morgan fingerprint density at radius 2 is 1.50 bits per heavy atom. The highest BCUT2D eigenvalue weighted by molar-refractivity contribution is 8.77. The number of rotatable bonds is 13. The average Bonchev–Trinajstić information content (AvgIpc) is 2.36. The molecule has 0 aromatic carbocycles. The summed E-state index contributed by atoms with van der Waals surface area (Å²) in [5.41, 5.74) is 0. The fourth-order valence-corrected chi connectivity index (χ4v) is 6.11. The van der Waals surface area contributed by atoms with Crippen molar-refractivity contribution in [3.8, 4) is 0 Å². The summed E-state index contributed by atoms with van der Waals surface area (Å²) in [6, 6.07) is 0. The van der Waals surface area contributed by atoms with Crippen LogP contribution in [0.4, 0.5) is 0 Å². The summed E-state index contributed by atoms with van der Waals surface area (Å²) in [6.45, 7) is 0. The highest BCUT2D eigenvalue weighted by atomic mass is 33.1. The maximum Gasteiger partial charge on any atom is 0.303 e. The fraction of sp³-hybridized carbons (Fsp3) is 0.833. The van der Waals surface area contributed by atoms with Crippen molar-refractivity contribution >= 4 is 58.8 Å². The van der Waals surface area contributed by atoms with Gasteiger partial charge >= 0.3 is 11.9 Å². The summed E-state index contributed by atoms with van der Waals surface area (Å²) in [6.07, 6.45) is 3.21. The molecule has 0 bridgehead atoms. The zero-order valence-corrected chi connectivity index (χ0v) is 14.7. The topological polar surface area (TPSA) is 74.6 Å². The number of aliphatic carboxylic acids is 2. The predicted octanol–water partition coefficient (Wildman–Crippen LogP) is 3.48. The minimum absolute atomic E-state index is 0.129. The van der Waals surface area contributed by atoms with Crippen molar-refractivity contribution in [1.82, 2.24) is 0 Å². The van der Waals surface area contributed by atoms with E-state index in [1.54, 1.807) is 21.6 Å². The van der Waals surface area contributed by atoms with Gasteiger partial charge in [-0.05, 0) is 37.2 Å². The van der Waals surface area contributed by atoms with Crippen LogP contribution in [0.2, 0.25) is 0 Å². The second-order valence-electron chi connectivity index (χ2n) is 4.43. The third kappa shape index (κ3) is 10.1. The van der Waals surface area contributed by atoms with Crippen molar-refractivity contribution in [2.45, 2.75) is 43.3 Å². The third-order valence-corrected chi connectivity index (χ3v) is 6.68. The average molecular weight is 359 g/mol. The van der Waals surface area contributed by atoms with E-state index < -0.39 is 11.9 Å². The van der Waals surface area contributed by atoms with Crippen molar-refractivity contribution in [2.24, 2.45) is 0 Å². The first kappa shape index (κ1) is 20.3. The van der Waals surface area contributed by atoms with Crippen molar-refractivity contribution in [1.29, 1.82) is 0 Å². The second kappa shape index (κ2) is 11.9. The molecule has 0 radical (unpaired) electrons. The number of hydrogen-bond acceptors (Lipinski definition) is 6. The molecule has 4 nitrogen and oxygen atoms in total. The van der Waals surface area contributed by atoms with Crippen LogP contribution in [0.5, 0.6) is 0 Å². The van der Waals surface area contributed by atoms with Crippen LogP contribution in [0.3, 0.4) is 0 Å². The van der Waals surface area contributed by atoms with Crippen LogP contribution in [-0.4, -0.2) is 44.2 Å². The van der Waals surface area contributed by atoms with Gasteiger partial charge in [-0.2, -0.15) is 25.3 Å². The van der Waals surface area contributed by atoms with Gasteiger partial charge in [0.25, 0.3) is 0 Å². The molecule has 0 saturated carbocycles. The first-order valence-corrected chi connectivity index (χ1v) is 10.00. The van der Waals surface area contributed by atoms with E-state index in [0.717, 1.165) is 18.6 Å². The lowest BCUT2D eigenvalue weighted by atomic mass is 9.96. The van der Waals surface area contributed by atoms with Crippen molar-refractivity contribution < 1.29 is 19.8 Å². The van der Waals surface area contributed by atoms with Gasteiger partial charge in [0, 0.05) is 23.3 Å². The molecular weight excluding hydrogens is 336 g/mol. The summed E-state index contributed by atoms with van der Waals surface area (Å²) in [4.78, 5) is 21.2. The zero-order valence-electron chi connectivity index (χ0n) is 11.3. The number of carboxylic acid groups (broad SMARTS) is 2. The highest BCUT2D eigenvalue weighted by Gasteiger charge is 2.30. The lowest BCUT2D eigenvalue weighted by Gasteiger charge is -2.31. The molecule has 20 heavy (non-hydrogen) atoms. The maximum atomic E-state index is 10.8. The molecule has 0 saturated heterocycles. The Labute approximate surface area is 139 Å². The van der Waals surface area contributed by atoms with E-state index in [0.29, 0.717) is 24.3 Å². The summed E-state index contributed by atoms with van der Waals surface area (Å²) >= 11 is 8.54. The molecule has 0 fully saturated rings. The van der Waals surface area contributed by atoms with Crippen LogP contribution >= 0.6 is 46.8 Å². The molecule has 0 rings (SSSR count). The van der Waals surface area contributed by atoms with Crippen molar-refractivity contribution in [2.75, 3.05) is 17.3 Å². The molecule has 0 aromatic heterocycles. The second-order valence-corrected chi connectivity index (χ2v) is 8.20. The normalized spacial score (nSPS) is 11.5. The molecule has 0 aliphatic heterocycles. The van der Waals surface area contributed by atoms with Crippen LogP contribution in [0.25, 0.3) is 0 Å². The van der Waals surface area contributed by atoms with Gasteiger partial charge < -0.3 is 10.2 Å².